The number of halogens is 3. The van der Waals surface area contributed by atoms with E-state index >= 15 is 0 Å². The number of benzene rings is 2. The van der Waals surface area contributed by atoms with Gasteiger partial charge in [-0.3, -0.25) is 9.89 Å². The van der Waals surface area contributed by atoms with Crippen molar-refractivity contribution in [2.45, 2.75) is 45.5 Å². The highest BCUT2D eigenvalue weighted by Gasteiger charge is 2.35. The highest BCUT2D eigenvalue weighted by Crippen LogP contribution is 2.38. The summed E-state index contributed by atoms with van der Waals surface area (Å²) in [5.41, 5.74) is 2.03. The average Bonchev–Trinajstić information content (AvgIpc) is 3.23. The summed E-state index contributed by atoms with van der Waals surface area (Å²) in [6.45, 7) is 5.32. The van der Waals surface area contributed by atoms with Gasteiger partial charge in [-0.2, -0.15) is 13.2 Å². The van der Waals surface area contributed by atoms with Crippen LogP contribution in [0.3, 0.4) is 0 Å². The van der Waals surface area contributed by atoms with Crippen LogP contribution < -0.4 is 4.74 Å². The van der Waals surface area contributed by atoms with Crippen molar-refractivity contribution in [3.8, 4) is 5.75 Å². The lowest BCUT2D eigenvalue weighted by Gasteiger charge is -2.20. The highest BCUT2D eigenvalue weighted by atomic mass is 19.4. The molecule has 0 N–H and O–H groups in total. The molecule has 1 aliphatic rings. The van der Waals surface area contributed by atoms with E-state index in [1.807, 2.05) is 44.3 Å². The molecule has 1 heterocycles. The monoisotopic (exact) mass is 460 g/mol. The number of likely N-dealkylation sites (tertiary alicyclic amines) is 1. The Kier molecular flexibility index (Phi) is 8.69. The van der Waals surface area contributed by atoms with Crippen LogP contribution in [0.25, 0.3) is 5.70 Å². The highest BCUT2D eigenvalue weighted by molar-refractivity contribution is 5.92. The van der Waals surface area contributed by atoms with Crippen molar-refractivity contribution in [3.63, 3.8) is 0 Å². The van der Waals surface area contributed by atoms with Gasteiger partial charge in [0.25, 0.3) is 0 Å². The first-order valence-corrected chi connectivity index (χ1v) is 11.2. The first-order chi connectivity index (χ1) is 15.8. The topological polar surface area (TPSA) is 34.1 Å². The molecule has 0 spiro atoms. The van der Waals surface area contributed by atoms with Gasteiger partial charge in [0.05, 0.1) is 24.5 Å². The van der Waals surface area contributed by atoms with E-state index in [2.05, 4.69) is 9.89 Å². The number of alkyl halides is 3. The number of hydrogen-bond donors (Lipinski definition) is 0. The Morgan fingerprint density at radius 3 is 2.55 bits per heavy atom. The van der Waals surface area contributed by atoms with E-state index in [0.717, 1.165) is 36.7 Å². The Labute approximate surface area is 193 Å². The van der Waals surface area contributed by atoms with Crippen molar-refractivity contribution in [3.05, 3.63) is 71.3 Å². The van der Waals surface area contributed by atoms with E-state index < -0.39 is 11.7 Å². The van der Waals surface area contributed by atoms with E-state index in [1.54, 1.807) is 19.1 Å². The predicted molar refractivity (Wildman–Crippen MR) is 125 cm³/mol. The fourth-order valence-corrected chi connectivity index (χ4v) is 4.01. The largest absolute Gasteiger partial charge is 0.491 e. The average molecular weight is 461 g/mol. The van der Waals surface area contributed by atoms with Gasteiger partial charge in [0.15, 0.2) is 0 Å². The summed E-state index contributed by atoms with van der Waals surface area (Å²) >= 11 is 0. The fraction of sp³-hybridized carbons (Fsp3) is 0.423. The lowest BCUT2D eigenvalue weighted by Crippen LogP contribution is -2.31. The van der Waals surface area contributed by atoms with Crippen LogP contribution in [0.15, 0.2) is 59.6 Å². The Morgan fingerprint density at radius 2 is 1.91 bits per heavy atom. The molecule has 0 bridgehead atoms. The molecule has 1 aliphatic heterocycles. The van der Waals surface area contributed by atoms with Crippen molar-refractivity contribution in [2.75, 3.05) is 26.8 Å². The third kappa shape index (κ3) is 6.92. The molecule has 1 atom stereocenters. The molecule has 0 aliphatic carbocycles. The van der Waals surface area contributed by atoms with Gasteiger partial charge < -0.3 is 9.47 Å². The van der Waals surface area contributed by atoms with E-state index in [9.17, 15) is 13.2 Å². The second-order valence-electron chi connectivity index (χ2n) is 8.16. The summed E-state index contributed by atoms with van der Waals surface area (Å²) in [5, 5.41) is 0. The Bertz CT molecular complexity index is 971. The van der Waals surface area contributed by atoms with Gasteiger partial charge in [0.2, 0.25) is 0 Å². The first-order valence-electron chi connectivity index (χ1n) is 11.2. The van der Waals surface area contributed by atoms with Crippen molar-refractivity contribution >= 4 is 11.4 Å². The summed E-state index contributed by atoms with van der Waals surface area (Å²) in [7, 11) is 2.05. The Hall–Kier alpha value is -2.64. The van der Waals surface area contributed by atoms with Crippen LogP contribution in [0, 0.1) is 0 Å². The number of rotatable bonds is 9. The van der Waals surface area contributed by atoms with Gasteiger partial charge in [-0.25, -0.2) is 0 Å². The second-order valence-corrected chi connectivity index (χ2v) is 8.16. The van der Waals surface area contributed by atoms with Crippen LogP contribution in [0.2, 0.25) is 0 Å². The predicted octanol–water partition coefficient (Wildman–Crippen LogP) is 6.22. The molecule has 2 aromatic rings. The standard InChI is InChI=1S/C26H31F3N2O2/c1-4-23(30-19(2)24-11-8-14-31(24)3)21-12-13-25(22(17-21)26(27,28)29)33-16-15-32-18-20-9-6-5-7-10-20/h4-7,9-10,12-13,17,24H,8,11,14-16,18H2,1-3H3/b23-4-,30-19?. The zero-order chi connectivity index (χ0) is 23.8. The smallest absolute Gasteiger partial charge is 0.419 e. The van der Waals surface area contributed by atoms with Crippen LogP contribution >= 0.6 is 0 Å². The third-order valence-electron chi connectivity index (χ3n) is 5.75. The molecule has 0 amide bonds. The lowest BCUT2D eigenvalue weighted by atomic mass is 10.1. The number of aliphatic imine (C=N–C) groups is 1. The summed E-state index contributed by atoms with van der Waals surface area (Å²) in [4.78, 5) is 6.90. The van der Waals surface area contributed by atoms with Gasteiger partial charge in [-0.1, -0.05) is 36.4 Å². The fourth-order valence-electron chi connectivity index (χ4n) is 4.01. The Balaban J connectivity index is 1.69. The first kappa shape index (κ1) is 25.0. The van der Waals surface area contributed by atoms with Gasteiger partial charge >= 0.3 is 6.18 Å². The van der Waals surface area contributed by atoms with Crippen LogP contribution in [0.4, 0.5) is 13.2 Å². The van der Waals surface area contributed by atoms with Crippen molar-refractivity contribution in [2.24, 2.45) is 4.99 Å². The SMILES string of the molecule is C/C=C(\N=C(C)C1CCCN1C)c1ccc(OCCOCc2ccccc2)c(C(F)(F)F)c1. The normalized spacial score (nSPS) is 18.1. The minimum absolute atomic E-state index is 0.0248. The van der Waals surface area contributed by atoms with Crippen LogP contribution in [-0.4, -0.2) is 43.5 Å². The van der Waals surface area contributed by atoms with Crippen LogP contribution in [-0.2, 0) is 17.5 Å². The molecule has 7 heteroatoms. The van der Waals surface area contributed by atoms with Crippen molar-refractivity contribution in [1.29, 1.82) is 0 Å². The molecule has 1 fully saturated rings. The number of nitrogens with zero attached hydrogens (tertiary/aromatic N) is 2. The number of hydrogen-bond acceptors (Lipinski definition) is 4. The third-order valence-corrected chi connectivity index (χ3v) is 5.75. The van der Waals surface area contributed by atoms with E-state index in [4.69, 9.17) is 9.47 Å². The van der Waals surface area contributed by atoms with Gasteiger partial charge in [0.1, 0.15) is 12.4 Å². The maximum Gasteiger partial charge on any atom is 0.419 e. The van der Waals surface area contributed by atoms with E-state index in [0.29, 0.717) is 17.9 Å². The Morgan fingerprint density at radius 1 is 1.15 bits per heavy atom. The molecule has 2 aromatic carbocycles. The van der Waals surface area contributed by atoms with Gasteiger partial charge in [0, 0.05) is 17.3 Å². The second kappa shape index (κ2) is 11.5. The molecule has 0 aromatic heterocycles. The van der Waals surface area contributed by atoms with Crippen LogP contribution in [0.5, 0.6) is 5.75 Å². The summed E-state index contributed by atoms with van der Waals surface area (Å²) in [6.07, 6.45) is -0.695. The number of ether oxygens (including phenoxy) is 2. The maximum atomic E-state index is 13.8. The molecule has 4 nitrogen and oxygen atoms in total. The zero-order valence-electron chi connectivity index (χ0n) is 19.4. The molecule has 33 heavy (non-hydrogen) atoms. The molecule has 0 saturated carbocycles. The molecular weight excluding hydrogens is 429 g/mol. The summed E-state index contributed by atoms with van der Waals surface area (Å²) in [5.74, 6) is -0.207. The van der Waals surface area contributed by atoms with E-state index in [-0.39, 0.29) is 25.0 Å². The van der Waals surface area contributed by atoms with Gasteiger partial charge in [-0.15, -0.1) is 0 Å². The minimum atomic E-state index is -4.54. The lowest BCUT2D eigenvalue weighted by molar-refractivity contribution is -0.139. The molecule has 1 saturated heterocycles. The minimum Gasteiger partial charge on any atom is -0.491 e. The maximum absolute atomic E-state index is 13.8. The summed E-state index contributed by atoms with van der Waals surface area (Å²) < 4.78 is 52.3. The van der Waals surface area contributed by atoms with Crippen molar-refractivity contribution in [1.82, 2.24) is 4.90 Å². The molecule has 178 valence electrons. The molecule has 1 unspecified atom stereocenters. The number of allylic oxidation sites excluding steroid dienone is 1. The molecule has 3 rings (SSSR count). The van der Waals surface area contributed by atoms with Gasteiger partial charge in [-0.05, 0) is 64.0 Å². The molecule has 0 radical (unpaired) electrons. The van der Waals surface area contributed by atoms with Crippen molar-refractivity contribution < 1.29 is 22.6 Å². The van der Waals surface area contributed by atoms with E-state index in [1.165, 1.54) is 6.07 Å². The quantitative estimate of drug-likeness (QED) is 0.329. The molecular formula is C26H31F3N2O2. The summed E-state index contributed by atoms with van der Waals surface area (Å²) in [6, 6.07) is 13.9. The van der Waals surface area contributed by atoms with Crippen LogP contribution in [0.1, 0.15) is 43.4 Å². The zero-order valence-corrected chi connectivity index (χ0v) is 19.4.